The van der Waals surface area contributed by atoms with Crippen molar-refractivity contribution in [2.24, 2.45) is 0 Å². The van der Waals surface area contributed by atoms with Crippen LogP contribution in [0.4, 0.5) is 0 Å². The second-order valence-electron chi connectivity index (χ2n) is 0. The summed E-state index contributed by atoms with van der Waals surface area (Å²) >= 11 is 0. The Kier molecular flexibility index (Phi) is 191. The third kappa shape index (κ3) is 9.02. The Bertz CT molecular complexity index is 8.00. The van der Waals surface area contributed by atoms with Crippen molar-refractivity contribution in [3.63, 3.8) is 0 Å². The molecule has 0 bridgehead atoms. The Morgan fingerprint density at radius 3 is 1.00 bits per heavy atom. The van der Waals surface area contributed by atoms with Crippen molar-refractivity contribution in [2.75, 3.05) is 0 Å². The van der Waals surface area contributed by atoms with Crippen LogP contribution in [0.25, 0.3) is 0 Å². The molecule has 0 aliphatic heterocycles. The molecule has 4 heavy (non-hydrogen) atoms. The summed E-state index contributed by atoms with van der Waals surface area (Å²) in [4.78, 5) is 0. The van der Waals surface area contributed by atoms with E-state index in [1.165, 1.54) is 0 Å². The quantitative estimate of drug-likeness (QED) is 0.491. The van der Waals surface area contributed by atoms with Crippen molar-refractivity contribution in [2.45, 2.75) is 0 Å². The van der Waals surface area contributed by atoms with Gasteiger partial charge in [0.05, 0.1) is 0 Å². The van der Waals surface area contributed by atoms with Crippen LogP contribution in [0.5, 0.6) is 0 Å². The van der Waals surface area contributed by atoms with Gasteiger partial charge in [-0.15, -0.1) is 0 Å². The molecule has 0 saturated carbocycles. The molecule has 0 aliphatic rings. The summed E-state index contributed by atoms with van der Waals surface area (Å²) in [5.41, 5.74) is 0. The number of hydrogen-bond acceptors (Lipinski definition) is 0. The molecule has 4 radical (unpaired) electrons. The first-order valence-electron chi connectivity index (χ1n) is 0. The minimum atomic E-state index is 0. The first kappa shape index (κ1) is 37.9. The summed E-state index contributed by atoms with van der Waals surface area (Å²) in [6.45, 7) is 0. The molecule has 0 aromatic rings. The summed E-state index contributed by atoms with van der Waals surface area (Å²) in [6, 6.07) is 0. The Morgan fingerprint density at radius 1 is 1.00 bits per heavy atom. The van der Waals surface area contributed by atoms with E-state index in [2.05, 4.69) is 0 Å². The Labute approximate surface area is 67.3 Å². The molecular formula is H2BiCoOZn. The van der Waals surface area contributed by atoms with E-state index in [1.54, 1.807) is 0 Å². The molecule has 1 nitrogen and oxygen atoms in total. The topological polar surface area (TPSA) is 31.5 Å². The molecule has 0 spiro atoms. The molecule has 0 aromatic carbocycles. The second kappa shape index (κ2) is 20.2. The zero-order valence-electron chi connectivity index (χ0n) is 1.99. The predicted molar refractivity (Wildman–Crippen MR) is 9.37 cm³/mol. The van der Waals surface area contributed by atoms with Gasteiger partial charge >= 0.3 is 0 Å². The van der Waals surface area contributed by atoms with Gasteiger partial charge in [-0.05, 0) is 0 Å². The fraction of sp³-hybridized carbons (Fsp3) is 0. The molecule has 2 N–H and O–H groups in total. The predicted octanol–water partition coefficient (Wildman–Crippen LogP) is -1.21. The largest absolute Gasteiger partial charge is 0.412 e. The minimum absolute atomic E-state index is 0. The van der Waals surface area contributed by atoms with E-state index >= 15 is 0 Å². The molecule has 0 fully saturated rings. The average Bonchev–Trinajstić information content (AvgIpc) is 0. The van der Waals surface area contributed by atoms with E-state index in [0.29, 0.717) is 0 Å². The van der Waals surface area contributed by atoms with Crippen LogP contribution in [0.2, 0.25) is 0 Å². The van der Waals surface area contributed by atoms with Gasteiger partial charge in [0.2, 0.25) is 0 Å². The molecule has 0 amide bonds. The molecule has 0 saturated heterocycles. The summed E-state index contributed by atoms with van der Waals surface area (Å²) in [5.74, 6) is 0. The first-order chi connectivity index (χ1) is 0. The third-order valence-electron chi connectivity index (χ3n) is 0. The van der Waals surface area contributed by atoms with Crippen LogP contribution in [-0.2, 0) is 36.3 Å². The van der Waals surface area contributed by atoms with Gasteiger partial charge in [0, 0.05) is 62.5 Å². The van der Waals surface area contributed by atoms with Crippen molar-refractivity contribution >= 4 is 26.2 Å². The fourth-order valence-electron chi connectivity index (χ4n) is 0. The van der Waals surface area contributed by atoms with Crippen molar-refractivity contribution in [1.82, 2.24) is 0 Å². The van der Waals surface area contributed by atoms with Crippen LogP contribution in [-0.4, -0.2) is 31.7 Å². The zero-order valence-corrected chi connectivity index (χ0v) is 9.47. The van der Waals surface area contributed by atoms with Crippen LogP contribution >= 0.6 is 0 Å². The summed E-state index contributed by atoms with van der Waals surface area (Å²) in [5, 5.41) is 0. The van der Waals surface area contributed by atoms with Crippen molar-refractivity contribution < 1.29 is 41.7 Å². The fourth-order valence-corrected chi connectivity index (χ4v) is 0. The summed E-state index contributed by atoms with van der Waals surface area (Å²) in [6.07, 6.45) is 0. The van der Waals surface area contributed by atoms with E-state index in [9.17, 15) is 0 Å². The van der Waals surface area contributed by atoms with Gasteiger partial charge in [-0.25, -0.2) is 0 Å². The molecule has 0 aliphatic carbocycles. The Hall–Kier alpha value is 1.97. The van der Waals surface area contributed by atoms with E-state index in [1.807, 2.05) is 0 Å². The monoisotopic (exact) mass is 350 g/mol. The molecule has 4 heteroatoms. The van der Waals surface area contributed by atoms with Gasteiger partial charge < -0.3 is 5.48 Å². The number of rotatable bonds is 0. The van der Waals surface area contributed by atoms with Crippen LogP contribution in [0, 0.1) is 0 Å². The van der Waals surface area contributed by atoms with Gasteiger partial charge in [0.25, 0.3) is 0 Å². The maximum atomic E-state index is 0. The molecule has 0 atom stereocenters. The van der Waals surface area contributed by atoms with Crippen LogP contribution in [0.3, 0.4) is 0 Å². The van der Waals surface area contributed by atoms with Crippen molar-refractivity contribution in [3.05, 3.63) is 0 Å². The standard InChI is InChI=1S/Bi.Co.H2O.Zn/h;;1H2;. The maximum Gasteiger partial charge on any atom is 0 e. The van der Waals surface area contributed by atoms with Gasteiger partial charge in [0.15, 0.2) is 0 Å². The molecule has 0 heterocycles. The smallest absolute Gasteiger partial charge is 0 e. The van der Waals surface area contributed by atoms with E-state index in [0.717, 1.165) is 0 Å². The third-order valence-corrected chi connectivity index (χ3v) is 0. The zero-order chi connectivity index (χ0) is 0. The molecule has 0 unspecified atom stereocenters. The Balaban J connectivity index is 0. The summed E-state index contributed by atoms with van der Waals surface area (Å²) < 4.78 is 0. The molecule has 0 rings (SSSR count). The second-order valence-corrected chi connectivity index (χ2v) is 0. The Morgan fingerprint density at radius 2 is 1.00 bits per heavy atom. The van der Waals surface area contributed by atoms with Crippen LogP contribution < -0.4 is 0 Å². The molecule has 24 valence electrons. The van der Waals surface area contributed by atoms with Gasteiger partial charge in [-0.3, -0.25) is 0 Å². The van der Waals surface area contributed by atoms with Gasteiger partial charge in [-0.1, -0.05) is 0 Å². The van der Waals surface area contributed by atoms with Gasteiger partial charge in [0.1, 0.15) is 0 Å². The number of hydrogen-bond donors (Lipinski definition) is 0. The first-order valence-corrected chi connectivity index (χ1v) is 0. The van der Waals surface area contributed by atoms with Crippen LogP contribution in [0.15, 0.2) is 0 Å². The molecular weight excluding hydrogens is 349 g/mol. The van der Waals surface area contributed by atoms with E-state index in [4.69, 9.17) is 0 Å². The summed E-state index contributed by atoms with van der Waals surface area (Å²) in [7, 11) is 0. The van der Waals surface area contributed by atoms with Crippen LogP contribution in [0.1, 0.15) is 0 Å². The van der Waals surface area contributed by atoms with Crippen molar-refractivity contribution in [1.29, 1.82) is 0 Å². The van der Waals surface area contributed by atoms with E-state index < -0.39 is 0 Å². The van der Waals surface area contributed by atoms with Crippen molar-refractivity contribution in [3.8, 4) is 0 Å². The van der Waals surface area contributed by atoms with E-state index in [-0.39, 0.29) is 67.9 Å². The minimum Gasteiger partial charge on any atom is -0.412 e. The normalized spacial score (nSPS) is 0. The molecule has 0 aromatic heterocycles. The average molecular weight is 351 g/mol. The maximum absolute atomic E-state index is 0. The van der Waals surface area contributed by atoms with Gasteiger partial charge in [-0.2, -0.15) is 0 Å². The SMILES string of the molecule is O.[Bi].[Co].[Zn].